The Kier molecular flexibility index (Phi) is 3.82. The molecule has 2 aromatic rings. The maximum Gasteiger partial charge on any atom is 0.490 e. The zero-order valence-corrected chi connectivity index (χ0v) is 11.0. The molecule has 1 saturated heterocycles. The van der Waals surface area contributed by atoms with Gasteiger partial charge in [0.2, 0.25) is 0 Å². The van der Waals surface area contributed by atoms with Gasteiger partial charge in [0.25, 0.3) is 0 Å². The van der Waals surface area contributed by atoms with Crippen molar-refractivity contribution >= 4 is 12.6 Å². The van der Waals surface area contributed by atoms with Crippen molar-refractivity contribution in [2.24, 2.45) is 0 Å². The fourth-order valence-corrected chi connectivity index (χ4v) is 2.44. The largest absolute Gasteiger partial charge is 0.490 e. The molecular formula is C13H16BN3O3. The normalized spacial score (nSPS) is 19.0. The van der Waals surface area contributed by atoms with Gasteiger partial charge >= 0.3 is 7.12 Å². The van der Waals surface area contributed by atoms with E-state index in [2.05, 4.69) is 10.1 Å². The molecule has 3 heterocycles. The molecule has 2 aromatic heterocycles. The van der Waals surface area contributed by atoms with Crippen LogP contribution in [0.2, 0.25) is 0 Å². The highest BCUT2D eigenvalue weighted by atomic mass is 16.5. The second-order valence-electron chi connectivity index (χ2n) is 4.87. The van der Waals surface area contributed by atoms with Gasteiger partial charge < -0.3 is 14.8 Å². The van der Waals surface area contributed by atoms with Gasteiger partial charge in [-0.15, -0.1) is 0 Å². The highest BCUT2D eigenvalue weighted by Gasteiger charge is 2.20. The van der Waals surface area contributed by atoms with Gasteiger partial charge in [0.1, 0.15) is 6.23 Å². The molecule has 1 aliphatic rings. The van der Waals surface area contributed by atoms with Crippen LogP contribution in [0.25, 0.3) is 11.1 Å². The van der Waals surface area contributed by atoms with E-state index >= 15 is 0 Å². The fraction of sp³-hybridized carbons (Fsp3) is 0.385. The Hall–Kier alpha value is -1.70. The Morgan fingerprint density at radius 3 is 2.95 bits per heavy atom. The Morgan fingerprint density at radius 2 is 2.20 bits per heavy atom. The quantitative estimate of drug-likeness (QED) is 0.787. The van der Waals surface area contributed by atoms with Gasteiger partial charge in [0.15, 0.2) is 0 Å². The number of hydrogen-bond acceptors (Lipinski definition) is 5. The molecule has 3 rings (SSSR count). The smallest absolute Gasteiger partial charge is 0.423 e. The minimum atomic E-state index is -1.55. The van der Waals surface area contributed by atoms with Gasteiger partial charge in [0, 0.05) is 36.2 Å². The van der Waals surface area contributed by atoms with Crippen LogP contribution in [0.1, 0.15) is 25.5 Å². The highest BCUT2D eigenvalue weighted by molar-refractivity contribution is 6.60. The van der Waals surface area contributed by atoms with Crippen LogP contribution in [0, 0.1) is 0 Å². The summed E-state index contributed by atoms with van der Waals surface area (Å²) in [6.07, 6.45) is 9.81. The third kappa shape index (κ3) is 2.60. The molecule has 0 aliphatic carbocycles. The number of ether oxygens (including phenoxy) is 1. The van der Waals surface area contributed by atoms with Gasteiger partial charge in [-0.3, -0.25) is 4.98 Å². The second-order valence-corrected chi connectivity index (χ2v) is 4.87. The summed E-state index contributed by atoms with van der Waals surface area (Å²) in [6.45, 7) is 0.760. The number of nitrogens with zero attached hydrogens (tertiary/aromatic N) is 3. The van der Waals surface area contributed by atoms with E-state index in [4.69, 9.17) is 4.74 Å². The average Bonchev–Trinajstić information content (AvgIpc) is 2.98. The number of aromatic nitrogens is 3. The molecule has 7 heteroatoms. The van der Waals surface area contributed by atoms with Crippen LogP contribution in [0.4, 0.5) is 0 Å². The first-order valence-corrected chi connectivity index (χ1v) is 6.72. The summed E-state index contributed by atoms with van der Waals surface area (Å²) in [7, 11) is -1.55. The summed E-state index contributed by atoms with van der Waals surface area (Å²) in [4.78, 5) is 3.92. The van der Waals surface area contributed by atoms with Crippen molar-refractivity contribution in [3.63, 3.8) is 0 Å². The van der Waals surface area contributed by atoms with Crippen LogP contribution in [-0.4, -0.2) is 38.5 Å². The lowest BCUT2D eigenvalue weighted by atomic mass is 9.77. The van der Waals surface area contributed by atoms with Crippen molar-refractivity contribution in [3.05, 3.63) is 30.9 Å². The molecule has 1 aliphatic heterocycles. The minimum Gasteiger partial charge on any atom is -0.423 e. The average molecular weight is 273 g/mol. The van der Waals surface area contributed by atoms with Gasteiger partial charge in [-0.2, -0.15) is 5.10 Å². The van der Waals surface area contributed by atoms with E-state index in [0.29, 0.717) is 5.46 Å². The lowest BCUT2D eigenvalue weighted by molar-refractivity contribution is -0.0394. The number of rotatable bonds is 3. The van der Waals surface area contributed by atoms with Crippen LogP contribution >= 0.6 is 0 Å². The Balaban J connectivity index is 1.90. The van der Waals surface area contributed by atoms with Gasteiger partial charge in [-0.05, 0) is 30.9 Å². The van der Waals surface area contributed by atoms with Crippen molar-refractivity contribution in [3.8, 4) is 11.1 Å². The van der Waals surface area contributed by atoms with Gasteiger partial charge in [-0.25, -0.2) is 4.68 Å². The topological polar surface area (TPSA) is 80.4 Å². The maximum absolute atomic E-state index is 9.39. The van der Waals surface area contributed by atoms with E-state index in [-0.39, 0.29) is 6.23 Å². The van der Waals surface area contributed by atoms with Gasteiger partial charge in [0.05, 0.1) is 6.20 Å². The number of hydrogen-bond donors (Lipinski definition) is 2. The van der Waals surface area contributed by atoms with E-state index in [1.54, 1.807) is 23.1 Å². The minimum absolute atomic E-state index is 0.0261. The van der Waals surface area contributed by atoms with E-state index < -0.39 is 7.12 Å². The van der Waals surface area contributed by atoms with Crippen LogP contribution < -0.4 is 5.46 Å². The number of pyridine rings is 1. The molecule has 1 fully saturated rings. The van der Waals surface area contributed by atoms with Crippen molar-refractivity contribution in [1.82, 2.24) is 14.8 Å². The lowest BCUT2D eigenvalue weighted by Crippen LogP contribution is -2.31. The summed E-state index contributed by atoms with van der Waals surface area (Å²) in [6, 6.07) is 1.75. The molecule has 6 nitrogen and oxygen atoms in total. The first kappa shape index (κ1) is 13.3. The van der Waals surface area contributed by atoms with Crippen molar-refractivity contribution < 1.29 is 14.8 Å². The highest BCUT2D eigenvalue weighted by Crippen LogP contribution is 2.24. The van der Waals surface area contributed by atoms with E-state index in [1.165, 1.54) is 6.20 Å². The zero-order chi connectivity index (χ0) is 13.9. The molecule has 0 radical (unpaired) electrons. The summed E-state index contributed by atoms with van der Waals surface area (Å²) >= 11 is 0. The van der Waals surface area contributed by atoms with E-state index in [0.717, 1.165) is 37.0 Å². The predicted octanol–water partition coefficient (Wildman–Crippen LogP) is 0.324. The molecule has 0 aromatic carbocycles. The first-order chi connectivity index (χ1) is 9.75. The van der Waals surface area contributed by atoms with Gasteiger partial charge in [-0.1, -0.05) is 0 Å². The summed E-state index contributed by atoms with van der Waals surface area (Å²) in [5, 5.41) is 23.1. The first-order valence-electron chi connectivity index (χ1n) is 6.72. The third-order valence-corrected chi connectivity index (χ3v) is 3.49. The predicted molar refractivity (Wildman–Crippen MR) is 74.1 cm³/mol. The molecule has 0 spiro atoms. The lowest BCUT2D eigenvalue weighted by Gasteiger charge is -2.22. The van der Waals surface area contributed by atoms with Crippen LogP contribution in [0.5, 0.6) is 0 Å². The van der Waals surface area contributed by atoms with Crippen LogP contribution in [0.15, 0.2) is 30.9 Å². The molecule has 1 unspecified atom stereocenters. The zero-order valence-electron chi connectivity index (χ0n) is 11.0. The molecule has 0 bridgehead atoms. The summed E-state index contributed by atoms with van der Waals surface area (Å²) in [5.41, 5.74) is 1.92. The molecule has 0 saturated carbocycles. The van der Waals surface area contributed by atoms with E-state index in [9.17, 15) is 10.0 Å². The Morgan fingerprint density at radius 1 is 1.30 bits per heavy atom. The molecular weight excluding hydrogens is 257 g/mol. The summed E-state index contributed by atoms with van der Waals surface area (Å²) < 4.78 is 7.47. The van der Waals surface area contributed by atoms with Crippen LogP contribution in [0.3, 0.4) is 0 Å². The molecule has 20 heavy (non-hydrogen) atoms. The van der Waals surface area contributed by atoms with Crippen molar-refractivity contribution in [2.75, 3.05) is 6.61 Å². The maximum atomic E-state index is 9.39. The third-order valence-electron chi connectivity index (χ3n) is 3.49. The van der Waals surface area contributed by atoms with Crippen molar-refractivity contribution in [2.45, 2.75) is 25.5 Å². The molecule has 2 N–H and O–H groups in total. The molecule has 0 amide bonds. The summed E-state index contributed by atoms with van der Waals surface area (Å²) in [5.74, 6) is 0. The molecule has 104 valence electrons. The Labute approximate surface area is 117 Å². The van der Waals surface area contributed by atoms with E-state index in [1.807, 2.05) is 6.20 Å². The Bertz CT molecular complexity index is 582. The second kappa shape index (κ2) is 5.74. The monoisotopic (exact) mass is 273 g/mol. The van der Waals surface area contributed by atoms with Crippen molar-refractivity contribution in [1.29, 1.82) is 0 Å². The van der Waals surface area contributed by atoms with Crippen LogP contribution in [-0.2, 0) is 4.74 Å². The molecule has 1 atom stereocenters. The SMILES string of the molecule is OB(O)c1cnccc1-c1cnn(C2CCCCO2)c1. The fourth-order valence-electron chi connectivity index (χ4n) is 2.44. The standard InChI is InChI=1S/C13H16BN3O3/c18-14(19)12-8-15-5-4-11(12)10-7-16-17(9-10)13-3-1-2-6-20-13/h4-5,7-9,13,18-19H,1-3,6H2.